The molecule has 2 heteroatoms. The maximum absolute atomic E-state index is 5.84. The van der Waals surface area contributed by atoms with Crippen LogP contribution >= 0.6 is 34.2 Å². The Morgan fingerprint density at radius 2 is 0.923 bits per heavy atom. The van der Waals surface area contributed by atoms with Gasteiger partial charge in [0.25, 0.3) is 0 Å². The van der Waals surface area contributed by atoms with Gasteiger partial charge in [-0.15, -0.1) is 0 Å². The molecular formula is C24H18ClI. The fraction of sp³-hybridized carbons (Fsp3) is 0. The van der Waals surface area contributed by atoms with E-state index in [4.69, 9.17) is 11.6 Å². The highest BCUT2D eigenvalue weighted by molar-refractivity contribution is 14.1. The fourth-order valence-electron chi connectivity index (χ4n) is 2.59. The second kappa shape index (κ2) is 9.56. The van der Waals surface area contributed by atoms with Crippen LogP contribution in [0.5, 0.6) is 0 Å². The van der Waals surface area contributed by atoms with Crippen LogP contribution in [0.15, 0.2) is 109 Å². The summed E-state index contributed by atoms with van der Waals surface area (Å²) in [7, 11) is 0. The van der Waals surface area contributed by atoms with Crippen LogP contribution in [0.2, 0.25) is 5.02 Å². The molecule has 4 aromatic carbocycles. The minimum Gasteiger partial charge on any atom is -0.0843 e. The largest absolute Gasteiger partial charge is 0.0843 e. The topological polar surface area (TPSA) is 0 Å². The second-order valence-corrected chi connectivity index (χ2v) is 7.32. The first-order chi connectivity index (χ1) is 12.7. The van der Waals surface area contributed by atoms with Crippen LogP contribution in [0.4, 0.5) is 0 Å². The number of halogens is 2. The summed E-state index contributed by atoms with van der Waals surface area (Å²) >= 11 is 8.18. The lowest BCUT2D eigenvalue weighted by molar-refractivity contribution is 1.58. The van der Waals surface area contributed by atoms with Gasteiger partial charge >= 0.3 is 0 Å². The molecule has 128 valence electrons. The summed E-state index contributed by atoms with van der Waals surface area (Å²) in [4.78, 5) is 0. The normalized spacial score (nSPS) is 9.92. The van der Waals surface area contributed by atoms with Crippen LogP contribution in [-0.4, -0.2) is 0 Å². The highest BCUT2D eigenvalue weighted by Crippen LogP contribution is 2.25. The predicted molar refractivity (Wildman–Crippen MR) is 121 cm³/mol. The molecule has 0 nitrogen and oxygen atoms in total. The second-order valence-electron chi connectivity index (χ2n) is 5.72. The van der Waals surface area contributed by atoms with Crippen molar-refractivity contribution in [2.45, 2.75) is 0 Å². The van der Waals surface area contributed by atoms with E-state index in [0.29, 0.717) is 0 Å². The van der Waals surface area contributed by atoms with E-state index in [2.05, 4.69) is 83.3 Å². The van der Waals surface area contributed by atoms with Gasteiger partial charge in [0.05, 0.1) is 0 Å². The van der Waals surface area contributed by atoms with Crippen molar-refractivity contribution in [1.82, 2.24) is 0 Å². The Morgan fingerprint density at radius 1 is 0.462 bits per heavy atom. The van der Waals surface area contributed by atoms with Gasteiger partial charge < -0.3 is 0 Å². The Labute approximate surface area is 173 Å². The lowest BCUT2D eigenvalue weighted by Gasteiger charge is -2.03. The summed E-state index contributed by atoms with van der Waals surface area (Å²) in [5.74, 6) is 0. The zero-order valence-corrected chi connectivity index (χ0v) is 17.1. The van der Waals surface area contributed by atoms with Crippen molar-refractivity contribution in [2.24, 2.45) is 0 Å². The first-order valence-electron chi connectivity index (χ1n) is 8.35. The van der Waals surface area contributed by atoms with Gasteiger partial charge in [-0.25, -0.2) is 0 Å². The molecule has 0 unspecified atom stereocenters. The maximum atomic E-state index is 5.84. The minimum atomic E-state index is 0.777. The van der Waals surface area contributed by atoms with Gasteiger partial charge in [-0.2, -0.15) is 0 Å². The molecule has 0 heterocycles. The smallest absolute Gasteiger partial charge is 0.0406 e. The summed E-state index contributed by atoms with van der Waals surface area (Å²) < 4.78 is 1.26. The highest BCUT2D eigenvalue weighted by atomic mass is 127. The molecule has 0 fully saturated rings. The van der Waals surface area contributed by atoms with Crippen LogP contribution in [0, 0.1) is 3.57 Å². The summed E-state index contributed by atoms with van der Waals surface area (Å²) in [6.07, 6.45) is 0. The van der Waals surface area contributed by atoms with Gasteiger partial charge in [0, 0.05) is 8.59 Å². The quantitative estimate of drug-likeness (QED) is 0.262. The maximum Gasteiger partial charge on any atom is 0.0406 e. The van der Waals surface area contributed by atoms with Gasteiger partial charge in [-0.3, -0.25) is 0 Å². The number of benzene rings is 4. The number of rotatable bonds is 2. The van der Waals surface area contributed by atoms with E-state index in [-0.39, 0.29) is 0 Å². The van der Waals surface area contributed by atoms with Crippen molar-refractivity contribution < 1.29 is 0 Å². The SMILES string of the molecule is Clc1ccc(-c2ccccc2I)cc1.c1ccc(-c2ccccc2)cc1. The molecule has 0 aliphatic rings. The average Bonchev–Trinajstić information content (AvgIpc) is 2.71. The van der Waals surface area contributed by atoms with Crippen LogP contribution in [0.25, 0.3) is 22.3 Å². The molecule has 0 N–H and O–H groups in total. The molecule has 0 atom stereocenters. The van der Waals surface area contributed by atoms with E-state index >= 15 is 0 Å². The fourth-order valence-corrected chi connectivity index (χ4v) is 3.41. The van der Waals surface area contributed by atoms with Crippen LogP contribution < -0.4 is 0 Å². The van der Waals surface area contributed by atoms with E-state index in [1.165, 1.54) is 25.8 Å². The van der Waals surface area contributed by atoms with E-state index in [1.807, 2.05) is 48.5 Å². The molecule has 4 rings (SSSR count). The van der Waals surface area contributed by atoms with Gasteiger partial charge in [-0.05, 0) is 63.0 Å². The van der Waals surface area contributed by atoms with Crippen LogP contribution in [-0.2, 0) is 0 Å². The van der Waals surface area contributed by atoms with E-state index in [9.17, 15) is 0 Å². The summed E-state index contributed by atoms with van der Waals surface area (Å²) in [5.41, 5.74) is 5.01. The third-order valence-electron chi connectivity index (χ3n) is 3.91. The molecule has 0 aliphatic carbocycles. The molecular weight excluding hydrogens is 451 g/mol. The van der Waals surface area contributed by atoms with Gasteiger partial charge in [-0.1, -0.05) is 103 Å². The zero-order valence-electron chi connectivity index (χ0n) is 14.1. The zero-order chi connectivity index (χ0) is 18.2. The monoisotopic (exact) mass is 468 g/mol. The van der Waals surface area contributed by atoms with Crippen molar-refractivity contribution in [3.05, 3.63) is 118 Å². The molecule has 0 amide bonds. The summed E-state index contributed by atoms with van der Waals surface area (Å²) in [6, 6.07) is 37.0. The number of hydrogen-bond acceptors (Lipinski definition) is 0. The van der Waals surface area contributed by atoms with Gasteiger partial charge in [0.2, 0.25) is 0 Å². The van der Waals surface area contributed by atoms with Crippen molar-refractivity contribution >= 4 is 34.2 Å². The van der Waals surface area contributed by atoms with E-state index < -0.39 is 0 Å². The van der Waals surface area contributed by atoms with Gasteiger partial charge in [0.15, 0.2) is 0 Å². The first-order valence-corrected chi connectivity index (χ1v) is 9.80. The van der Waals surface area contributed by atoms with Crippen molar-refractivity contribution in [3.63, 3.8) is 0 Å². The standard InChI is InChI=1S/C12H8ClI.C12H10/c13-10-7-5-9(6-8-10)11-3-1-2-4-12(11)14;1-3-7-11(8-4-1)12-9-5-2-6-10-12/h1-8H;1-10H. The third kappa shape index (κ3) is 5.20. The van der Waals surface area contributed by atoms with Crippen LogP contribution in [0.3, 0.4) is 0 Å². The first kappa shape index (κ1) is 18.7. The molecule has 0 radical (unpaired) electrons. The summed E-state index contributed by atoms with van der Waals surface area (Å²) in [5, 5.41) is 0.777. The highest BCUT2D eigenvalue weighted by Gasteiger charge is 2.00. The van der Waals surface area contributed by atoms with E-state index in [1.54, 1.807) is 0 Å². The summed E-state index contributed by atoms with van der Waals surface area (Å²) in [6.45, 7) is 0. The lowest BCUT2D eigenvalue weighted by atomic mass is 10.1. The molecule has 0 aliphatic heterocycles. The molecule has 0 aromatic heterocycles. The van der Waals surface area contributed by atoms with Crippen molar-refractivity contribution in [3.8, 4) is 22.3 Å². The molecule has 0 bridgehead atoms. The third-order valence-corrected chi connectivity index (χ3v) is 5.10. The Balaban J connectivity index is 0.000000152. The lowest BCUT2D eigenvalue weighted by Crippen LogP contribution is -1.80. The van der Waals surface area contributed by atoms with Crippen molar-refractivity contribution in [1.29, 1.82) is 0 Å². The Hall–Kier alpha value is -2.10. The molecule has 0 spiro atoms. The minimum absolute atomic E-state index is 0.777. The average molecular weight is 469 g/mol. The van der Waals surface area contributed by atoms with Crippen molar-refractivity contribution in [2.75, 3.05) is 0 Å². The number of hydrogen-bond donors (Lipinski definition) is 0. The van der Waals surface area contributed by atoms with Gasteiger partial charge in [0.1, 0.15) is 0 Å². The molecule has 0 saturated carbocycles. The Bertz CT molecular complexity index is 895. The predicted octanol–water partition coefficient (Wildman–Crippen LogP) is 7.97. The Kier molecular flexibility index (Phi) is 6.87. The van der Waals surface area contributed by atoms with E-state index in [0.717, 1.165) is 5.02 Å². The Morgan fingerprint density at radius 3 is 1.42 bits per heavy atom. The molecule has 26 heavy (non-hydrogen) atoms. The molecule has 4 aromatic rings. The van der Waals surface area contributed by atoms with Crippen LogP contribution in [0.1, 0.15) is 0 Å². The molecule has 0 saturated heterocycles.